The van der Waals surface area contributed by atoms with E-state index in [1.165, 1.54) is 24.8 Å². The molecule has 80 valence electrons. The van der Waals surface area contributed by atoms with Crippen LogP contribution in [0.3, 0.4) is 0 Å². The molecule has 0 radical (unpaired) electrons. The Morgan fingerprint density at radius 3 is 2.40 bits per heavy atom. The molecule has 0 spiro atoms. The van der Waals surface area contributed by atoms with E-state index in [9.17, 15) is 4.79 Å². The van der Waals surface area contributed by atoms with E-state index < -0.39 is 0 Å². The summed E-state index contributed by atoms with van der Waals surface area (Å²) in [5, 5.41) is 0. The standard InChI is InChI=1S/C13H17NO/c1-2-3-4-5-12-6-8-13(9-7-12)10-14-11-15/h6-9H,2-5,10H2,1H3. The third-order valence-corrected chi connectivity index (χ3v) is 2.42. The van der Waals surface area contributed by atoms with Gasteiger partial charge in [-0.1, -0.05) is 44.0 Å². The lowest BCUT2D eigenvalue weighted by molar-refractivity contribution is 0.563. The second kappa shape index (κ2) is 6.97. The number of unbranched alkanes of at least 4 members (excludes halogenated alkanes) is 2. The Kier molecular flexibility index (Phi) is 5.42. The first-order chi connectivity index (χ1) is 7.36. The molecule has 0 saturated heterocycles. The van der Waals surface area contributed by atoms with E-state index in [1.54, 1.807) is 6.08 Å². The zero-order valence-corrected chi connectivity index (χ0v) is 9.20. The fourth-order valence-corrected chi connectivity index (χ4v) is 1.51. The smallest absolute Gasteiger partial charge is 0.211 e. The van der Waals surface area contributed by atoms with Crippen LogP contribution in [0.2, 0.25) is 0 Å². The predicted molar refractivity (Wildman–Crippen MR) is 61.5 cm³/mol. The number of carbonyl (C=O) groups excluding carboxylic acids is 1. The first kappa shape index (κ1) is 11.7. The Morgan fingerprint density at radius 2 is 1.80 bits per heavy atom. The SMILES string of the molecule is CCCCCc1ccc(CN=C=O)cc1. The molecule has 0 aliphatic carbocycles. The van der Waals surface area contributed by atoms with E-state index in [-0.39, 0.29) is 0 Å². The molecule has 0 aliphatic heterocycles. The van der Waals surface area contributed by atoms with Gasteiger partial charge in [0.1, 0.15) is 0 Å². The Bertz CT molecular complexity index is 323. The first-order valence-corrected chi connectivity index (χ1v) is 5.48. The minimum atomic E-state index is 0.443. The summed E-state index contributed by atoms with van der Waals surface area (Å²) < 4.78 is 0. The molecular formula is C13H17NO. The van der Waals surface area contributed by atoms with Crippen LogP contribution in [0.4, 0.5) is 0 Å². The van der Waals surface area contributed by atoms with Gasteiger partial charge in [0.2, 0.25) is 6.08 Å². The van der Waals surface area contributed by atoms with Gasteiger partial charge in [-0.2, -0.15) is 0 Å². The molecule has 2 nitrogen and oxygen atoms in total. The predicted octanol–water partition coefficient (Wildman–Crippen LogP) is 3.26. The lowest BCUT2D eigenvalue weighted by Gasteiger charge is -2.01. The molecule has 0 amide bonds. The van der Waals surface area contributed by atoms with Gasteiger partial charge in [0.15, 0.2) is 0 Å². The Balaban J connectivity index is 2.44. The van der Waals surface area contributed by atoms with Crippen LogP contribution in [0.5, 0.6) is 0 Å². The molecule has 0 fully saturated rings. The van der Waals surface area contributed by atoms with Crippen LogP contribution in [0.1, 0.15) is 37.3 Å². The van der Waals surface area contributed by atoms with Crippen molar-refractivity contribution in [1.29, 1.82) is 0 Å². The summed E-state index contributed by atoms with van der Waals surface area (Å²) in [7, 11) is 0. The van der Waals surface area contributed by atoms with Crippen LogP contribution in [-0.4, -0.2) is 6.08 Å². The molecule has 15 heavy (non-hydrogen) atoms. The van der Waals surface area contributed by atoms with Gasteiger partial charge >= 0.3 is 0 Å². The van der Waals surface area contributed by atoms with Gasteiger partial charge in [0.05, 0.1) is 6.54 Å². The molecule has 2 heteroatoms. The lowest BCUT2D eigenvalue weighted by atomic mass is 10.1. The first-order valence-electron chi connectivity index (χ1n) is 5.48. The molecule has 0 saturated carbocycles. The van der Waals surface area contributed by atoms with Crippen molar-refractivity contribution >= 4 is 6.08 Å². The summed E-state index contributed by atoms with van der Waals surface area (Å²) in [6, 6.07) is 8.29. The molecule has 0 unspecified atom stereocenters. The van der Waals surface area contributed by atoms with E-state index >= 15 is 0 Å². The molecule has 1 aromatic carbocycles. The highest BCUT2D eigenvalue weighted by Crippen LogP contribution is 2.09. The highest BCUT2D eigenvalue weighted by molar-refractivity contribution is 5.34. The summed E-state index contributed by atoms with van der Waals surface area (Å²) in [5.74, 6) is 0. The highest BCUT2D eigenvalue weighted by Gasteiger charge is 1.94. The van der Waals surface area contributed by atoms with Gasteiger partial charge in [0.25, 0.3) is 0 Å². The Labute approximate surface area is 91.0 Å². The second-order valence-corrected chi connectivity index (χ2v) is 3.68. The normalized spacial score (nSPS) is 9.67. The Morgan fingerprint density at radius 1 is 1.13 bits per heavy atom. The number of rotatable bonds is 6. The van der Waals surface area contributed by atoms with Crippen molar-refractivity contribution in [2.45, 2.75) is 39.2 Å². The van der Waals surface area contributed by atoms with Gasteiger partial charge in [-0.15, -0.1) is 0 Å². The summed E-state index contributed by atoms with van der Waals surface area (Å²) in [4.78, 5) is 13.5. The number of nitrogens with zero attached hydrogens (tertiary/aromatic N) is 1. The van der Waals surface area contributed by atoms with E-state index in [4.69, 9.17) is 0 Å². The minimum absolute atomic E-state index is 0.443. The molecule has 1 rings (SSSR count). The van der Waals surface area contributed by atoms with Crippen LogP contribution < -0.4 is 0 Å². The van der Waals surface area contributed by atoms with Crippen molar-refractivity contribution in [3.8, 4) is 0 Å². The maximum atomic E-state index is 9.93. The van der Waals surface area contributed by atoms with Gasteiger partial charge in [0, 0.05) is 0 Å². The van der Waals surface area contributed by atoms with Crippen LogP contribution in [0, 0.1) is 0 Å². The molecule has 0 aromatic heterocycles. The maximum Gasteiger partial charge on any atom is 0.235 e. The summed E-state index contributed by atoms with van der Waals surface area (Å²) in [6.07, 6.45) is 6.49. The summed E-state index contributed by atoms with van der Waals surface area (Å²) in [5.41, 5.74) is 2.43. The fourth-order valence-electron chi connectivity index (χ4n) is 1.51. The molecular weight excluding hydrogens is 186 g/mol. The minimum Gasteiger partial charge on any atom is -0.211 e. The van der Waals surface area contributed by atoms with Crippen molar-refractivity contribution in [1.82, 2.24) is 0 Å². The quantitative estimate of drug-likeness (QED) is 0.396. The number of benzene rings is 1. The van der Waals surface area contributed by atoms with E-state index in [1.807, 2.05) is 12.1 Å². The zero-order chi connectivity index (χ0) is 10.9. The molecule has 0 N–H and O–H groups in total. The van der Waals surface area contributed by atoms with Crippen LogP contribution >= 0.6 is 0 Å². The molecule has 0 bridgehead atoms. The van der Waals surface area contributed by atoms with Gasteiger partial charge in [-0.05, 0) is 24.0 Å². The van der Waals surface area contributed by atoms with Gasteiger partial charge in [-0.25, -0.2) is 9.79 Å². The fraction of sp³-hybridized carbons (Fsp3) is 0.462. The topological polar surface area (TPSA) is 29.4 Å². The number of hydrogen-bond acceptors (Lipinski definition) is 2. The van der Waals surface area contributed by atoms with Crippen molar-refractivity contribution in [2.24, 2.45) is 4.99 Å². The van der Waals surface area contributed by atoms with Crippen LogP contribution in [0.25, 0.3) is 0 Å². The average molecular weight is 203 g/mol. The molecule has 1 aromatic rings. The molecule has 0 aliphatic rings. The van der Waals surface area contributed by atoms with Crippen molar-refractivity contribution in [2.75, 3.05) is 0 Å². The largest absolute Gasteiger partial charge is 0.235 e. The number of hydrogen-bond donors (Lipinski definition) is 0. The van der Waals surface area contributed by atoms with Crippen molar-refractivity contribution in [3.05, 3.63) is 35.4 Å². The van der Waals surface area contributed by atoms with Crippen molar-refractivity contribution in [3.63, 3.8) is 0 Å². The van der Waals surface area contributed by atoms with E-state index in [0.717, 1.165) is 12.0 Å². The van der Waals surface area contributed by atoms with Crippen LogP contribution in [0.15, 0.2) is 29.3 Å². The average Bonchev–Trinajstić information content (AvgIpc) is 2.28. The highest BCUT2D eigenvalue weighted by atomic mass is 16.1. The maximum absolute atomic E-state index is 9.93. The monoisotopic (exact) mass is 203 g/mol. The summed E-state index contributed by atoms with van der Waals surface area (Å²) >= 11 is 0. The second-order valence-electron chi connectivity index (χ2n) is 3.68. The summed E-state index contributed by atoms with van der Waals surface area (Å²) in [6.45, 7) is 2.65. The number of aryl methyl sites for hydroxylation is 1. The third-order valence-electron chi connectivity index (χ3n) is 2.42. The van der Waals surface area contributed by atoms with Crippen LogP contribution in [-0.2, 0) is 17.8 Å². The number of aliphatic imine (C=N–C) groups is 1. The number of isocyanates is 1. The molecule has 0 heterocycles. The third kappa shape index (κ3) is 4.57. The van der Waals surface area contributed by atoms with E-state index in [2.05, 4.69) is 24.0 Å². The Hall–Kier alpha value is -1.40. The molecule has 0 atom stereocenters. The van der Waals surface area contributed by atoms with Gasteiger partial charge in [-0.3, -0.25) is 0 Å². The van der Waals surface area contributed by atoms with Crippen molar-refractivity contribution < 1.29 is 4.79 Å². The lowest BCUT2D eigenvalue weighted by Crippen LogP contribution is -1.87. The van der Waals surface area contributed by atoms with Gasteiger partial charge < -0.3 is 0 Å². The zero-order valence-electron chi connectivity index (χ0n) is 9.20. The van der Waals surface area contributed by atoms with E-state index in [0.29, 0.717) is 6.54 Å².